The van der Waals surface area contributed by atoms with Gasteiger partial charge in [-0.2, -0.15) is 22.0 Å². The molecule has 1 amide bonds. The van der Waals surface area contributed by atoms with Crippen molar-refractivity contribution in [1.82, 2.24) is 4.98 Å². The number of halogens is 6. The summed E-state index contributed by atoms with van der Waals surface area (Å²) >= 11 is 0. The first-order chi connectivity index (χ1) is 14.8. The minimum absolute atomic E-state index is 0.142. The van der Waals surface area contributed by atoms with Gasteiger partial charge in [0.05, 0.1) is 0 Å². The summed E-state index contributed by atoms with van der Waals surface area (Å²) in [6, 6.07) is 4.62. The molecule has 0 fully saturated rings. The van der Waals surface area contributed by atoms with Crippen LogP contribution in [0.2, 0.25) is 0 Å². The second kappa shape index (κ2) is 8.20. The number of amidine groups is 1. The van der Waals surface area contributed by atoms with E-state index >= 15 is 0 Å². The van der Waals surface area contributed by atoms with Crippen molar-refractivity contribution >= 4 is 17.6 Å². The molecule has 1 unspecified atom stereocenters. The Morgan fingerprint density at radius 2 is 2.03 bits per heavy atom. The Balaban J connectivity index is 1.91. The Hall–Kier alpha value is -3.51. The van der Waals surface area contributed by atoms with Crippen LogP contribution in [0, 0.1) is 5.82 Å². The molecule has 172 valence electrons. The average Bonchev–Trinajstić information content (AvgIpc) is 2.70. The number of hydrogen-bond donors (Lipinski definition) is 2. The quantitative estimate of drug-likeness (QED) is 0.662. The maximum absolute atomic E-state index is 14.5. The third-order valence-corrected chi connectivity index (χ3v) is 4.57. The van der Waals surface area contributed by atoms with Crippen LogP contribution in [-0.4, -0.2) is 42.2 Å². The molecule has 3 N–H and O–H groups in total. The number of rotatable bonds is 5. The molecule has 13 heteroatoms. The van der Waals surface area contributed by atoms with Gasteiger partial charge in [-0.15, -0.1) is 0 Å². The van der Waals surface area contributed by atoms with Gasteiger partial charge in [0.25, 0.3) is 11.9 Å². The molecule has 1 aliphatic rings. The minimum Gasteiger partial charge on any atom is -0.482 e. The first-order valence-electron chi connectivity index (χ1n) is 8.94. The summed E-state index contributed by atoms with van der Waals surface area (Å²) in [6.45, 7) is -1.84. The molecule has 0 saturated carbocycles. The molecule has 0 radical (unpaired) electrons. The van der Waals surface area contributed by atoms with Gasteiger partial charge in [-0.25, -0.2) is 14.4 Å². The minimum atomic E-state index is -4.65. The zero-order valence-electron chi connectivity index (χ0n) is 16.3. The van der Waals surface area contributed by atoms with Gasteiger partial charge in [0.15, 0.2) is 30.2 Å². The third-order valence-electron chi connectivity index (χ3n) is 4.57. The molecule has 2 heterocycles. The van der Waals surface area contributed by atoms with Crippen LogP contribution in [0.25, 0.3) is 0 Å². The summed E-state index contributed by atoms with van der Waals surface area (Å²) in [7, 11) is 0. The van der Waals surface area contributed by atoms with Crippen LogP contribution in [0.3, 0.4) is 0 Å². The van der Waals surface area contributed by atoms with E-state index in [1.807, 2.05) is 0 Å². The SMILES string of the molecule is CC1(c2cc(NC(=O)c3ncccc3OCC(F)(F)F)ccc2F)N=C(N)OCC1(F)F. The second-order valence-corrected chi connectivity index (χ2v) is 6.92. The Labute approximate surface area is 177 Å². The Morgan fingerprint density at radius 3 is 2.72 bits per heavy atom. The van der Waals surface area contributed by atoms with E-state index in [4.69, 9.17) is 5.73 Å². The zero-order chi connectivity index (χ0) is 23.7. The van der Waals surface area contributed by atoms with Crippen molar-refractivity contribution in [2.45, 2.75) is 24.6 Å². The van der Waals surface area contributed by atoms with Crippen molar-refractivity contribution in [3.8, 4) is 5.75 Å². The van der Waals surface area contributed by atoms with Crippen molar-refractivity contribution < 1.29 is 40.6 Å². The molecular formula is C19H16F6N4O3. The van der Waals surface area contributed by atoms with E-state index in [2.05, 4.69) is 24.8 Å². The largest absolute Gasteiger partial charge is 0.482 e. The van der Waals surface area contributed by atoms with Crippen LogP contribution in [0.15, 0.2) is 41.5 Å². The lowest BCUT2D eigenvalue weighted by Gasteiger charge is -2.37. The van der Waals surface area contributed by atoms with Crippen molar-refractivity contribution in [2.75, 3.05) is 18.5 Å². The van der Waals surface area contributed by atoms with Gasteiger partial charge < -0.3 is 20.5 Å². The molecule has 0 bridgehead atoms. The summed E-state index contributed by atoms with van der Waals surface area (Å²) in [5.41, 5.74) is 1.73. The molecule has 1 aliphatic heterocycles. The van der Waals surface area contributed by atoms with Gasteiger partial charge >= 0.3 is 12.1 Å². The van der Waals surface area contributed by atoms with E-state index < -0.39 is 65.6 Å². The Morgan fingerprint density at radius 1 is 1.31 bits per heavy atom. The summed E-state index contributed by atoms with van der Waals surface area (Å²) in [5, 5.41) is 2.27. The number of alkyl halides is 5. The fraction of sp³-hybridized carbons (Fsp3) is 0.316. The van der Waals surface area contributed by atoms with E-state index in [0.29, 0.717) is 0 Å². The molecule has 32 heavy (non-hydrogen) atoms. The standard InChI is InChI=1S/C19H16F6N4O3/c1-17(18(21,22)8-32-16(26)29-17)11-7-10(4-5-12(11)20)28-15(30)14-13(3-2-6-27-14)31-9-19(23,24)25/h2-7H,8-9H2,1H3,(H2,26,29)(H,28,30). The second-order valence-electron chi connectivity index (χ2n) is 6.92. The van der Waals surface area contributed by atoms with E-state index in [1.54, 1.807) is 0 Å². The van der Waals surface area contributed by atoms with Gasteiger partial charge in [-0.3, -0.25) is 4.79 Å². The highest BCUT2D eigenvalue weighted by molar-refractivity contribution is 6.04. The Bertz CT molecular complexity index is 1060. The summed E-state index contributed by atoms with van der Waals surface area (Å²) in [5.74, 6) is -6.15. The summed E-state index contributed by atoms with van der Waals surface area (Å²) in [6.07, 6.45) is -3.51. The molecular weight excluding hydrogens is 446 g/mol. The fourth-order valence-electron chi connectivity index (χ4n) is 2.90. The summed E-state index contributed by atoms with van der Waals surface area (Å²) in [4.78, 5) is 19.8. The molecule has 7 nitrogen and oxygen atoms in total. The predicted molar refractivity (Wildman–Crippen MR) is 100 cm³/mol. The number of anilines is 1. The highest BCUT2D eigenvalue weighted by Gasteiger charge is 2.56. The van der Waals surface area contributed by atoms with Crippen LogP contribution in [0.4, 0.5) is 32.0 Å². The van der Waals surface area contributed by atoms with E-state index in [1.165, 1.54) is 6.07 Å². The molecule has 0 saturated heterocycles. The molecule has 0 aliphatic carbocycles. The highest BCUT2D eigenvalue weighted by Crippen LogP contribution is 2.44. The predicted octanol–water partition coefficient (Wildman–Crippen LogP) is 3.61. The van der Waals surface area contributed by atoms with Crippen molar-refractivity contribution in [3.63, 3.8) is 0 Å². The lowest BCUT2D eigenvalue weighted by Crippen LogP contribution is -2.51. The topological polar surface area (TPSA) is 98.8 Å². The van der Waals surface area contributed by atoms with Gasteiger partial charge in [-0.05, 0) is 37.3 Å². The summed E-state index contributed by atoms with van der Waals surface area (Å²) < 4.78 is 90.0. The van der Waals surface area contributed by atoms with E-state index in [9.17, 15) is 31.1 Å². The monoisotopic (exact) mass is 462 g/mol. The van der Waals surface area contributed by atoms with E-state index in [-0.39, 0.29) is 5.69 Å². The number of amides is 1. The lowest BCUT2D eigenvalue weighted by atomic mass is 9.85. The maximum atomic E-state index is 14.5. The third kappa shape index (κ3) is 4.70. The van der Waals surface area contributed by atoms with Gasteiger partial charge in [0, 0.05) is 17.4 Å². The molecule has 1 aromatic heterocycles. The number of aromatic nitrogens is 1. The smallest absolute Gasteiger partial charge is 0.422 e. The number of benzene rings is 1. The normalized spacial score (nSPS) is 20.2. The number of nitrogens with two attached hydrogens (primary N) is 1. The molecule has 2 aromatic rings. The fourth-order valence-corrected chi connectivity index (χ4v) is 2.90. The van der Waals surface area contributed by atoms with Crippen molar-refractivity contribution in [3.05, 3.63) is 53.6 Å². The van der Waals surface area contributed by atoms with E-state index in [0.717, 1.165) is 37.4 Å². The number of carbonyl (C=O) groups is 1. The molecule has 0 spiro atoms. The van der Waals surface area contributed by atoms with Crippen LogP contribution in [-0.2, 0) is 10.3 Å². The average molecular weight is 462 g/mol. The Kier molecular flexibility index (Phi) is 5.94. The highest BCUT2D eigenvalue weighted by atomic mass is 19.4. The number of pyridine rings is 1. The number of aliphatic imine (C=N–C) groups is 1. The first-order valence-corrected chi connectivity index (χ1v) is 8.94. The number of nitrogens with zero attached hydrogens (tertiary/aromatic N) is 2. The number of hydrogen-bond acceptors (Lipinski definition) is 6. The number of carbonyl (C=O) groups excluding carboxylic acids is 1. The molecule has 1 atom stereocenters. The van der Waals surface area contributed by atoms with Crippen molar-refractivity contribution in [1.29, 1.82) is 0 Å². The van der Waals surface area contributed by atoms with Gasteiger partial charge in [0.1, 0.15) is 5.82 Å². The van der Waals surface area contributed by atoms with Gasteiger partial charge in [-0.1, -0.05) is 0 Å². The number of nitrogens with one attached hydrogen (secondary N) is 1. The van der Waals surface area contributed by atoms with Crippen molar-refractivity contribution in [2.24, 2.45) is 10.7 Å². The van der Waals surface area contributed by atoms with Crippen LogP contribution in [0.1, 0.15) is 23.0 Å². The van der Waals surface area contributed by atoms with Gasteiger partial charge in [0.2, 0.25) is 0 Å². The lowest BCUT2D eigenvalue weighted by molar-refractivity contribution is -0.153. The van der Waals surface area contributed by atoms with Crippen LogP contribution in [0.5, 0.6) is 5.75 Å². The molecule has 1 aromatic carbocycles. The first kappa shape index (κ1) is 23.2. The van der Waals surface area contributed by atoms with Crippen LogP contribution < -0.4 is 15.8 Å². The molecule has 3 rings (SSSR count). The number of ether oxygens (including phenoxy) is 2. The van der Waals surface area contributed by atoms with Crippen LogP contribution >= 0.6 is 0 Å². The zero-order valence-corrected chi connectivity index (χ0v) is 16.3. The maximum Gasteiger partial charge on any atom is 0.422 e.